The van der Waals surface area contributed by atoms with E-state index in [1.54, 1.807) is 12.1 Å². The van der Waals surface area contributed by atoms with Gasteiger partial charge in [-0.1, -0.05) is 18.2 Å². The van der Waals surface area contributed by atoms with Crippen molar-refractivity contribution in [3.63, 3.8) is 0 Å². The van der Waals surface area contributed by atoms with Crippen LogP contribution in [0.3, 0.4) is 0 Å². The quantitative estimate of drug-likeness (QED) is 0.279. The van der Waals surface area contributed by atoms with Gasteiger partial charge in [-0.25, -0.2) is 0 Å². The summed E-state index contributed by atoms with van der Waals surface area (Å²) < 4.78 is 12.4. The predicted octanol–water partition coefficient (Wildman–Crippen LogP) is 3.40. The molecule has 0 aliphatic carbocycles. The van der Waals surface area contributed by atoms with Gasteiger partial charge in [-0.05, 0) is 36.4 Å². The van der Waals surface area contributed by atoms with Gasteiger partial charge in [0.25, 0.3) is 0 Å². The molecular formula is C18H15N3O5. The zero-order valence-corrected chi connectivity index (χ0v) is 13.9. The van der Waals surface area contributed by atoms with Crippen LogP contribution < -0.4 is 4.74 Å². The zero-order valence-electron chi connectivity index (χ0n) is 13.9. The van der Waals surface area contributed by atoms with Crippen molar-refractivity contribution in [2.45, 2.75) is 6.61 Å². The molecule has 0 amide bonds. The number of furan rings is 1. The molecule has 1 aromatic carbocycles. The molecule has 0 saturated heterocycles. The van der Waals surface area contributed by atoms with Crippen LogP contribution in [0.1, 0.15) is 22.0 Å². The van der Waals surface area contributed by atoms with E-state index in [-0.39, 0.29) is 18.0 Å². The molecule has 0 bridgehead atoms. The van der Waals surface area contributed by atoms with Gasteiger partial charge in [-0.15, -0.1) is 0 Å². The lowest BCUT2D eigenvalue weighted by molar-refractivity contribution is -0.385. The molecule has 0 aliphatic heterocycles. The average molecular weight is 353 g/mol. The van der Waals surface area contributed by atoms with Crippen molar-refractivity contribution in [1.82, 2.24) is 9.78 Å². The van der Waals surface area contributed by atoms with E-state index >= 15 is 0 Å². The molecule has 132 valence electrons. The van der Waals surface area contributed by atoms with E-state index in [0.717, 1.165) is 5.75 Å². The molecule has 0 saturated carbocycles. The third-order valence-electron chi connectivity index (χ3n) is 3.45. The molecular weight excluding hydrogens is 338 g/mol. The fourth-order valence-corrected chi connectivity index (χ4v) is 2.25. The Labute approximate surface area is 148 Å². The Morgan fingerprint density at radius 3 is 2.81 bits per heavy atom. The van der Waals surface area contributed by atoms with Crippen molar-refractivity contribution in [2.24, 2.45) is 7.05 Å². The first-order chi connectivity index (χ1) is 12.5. The number of hydrogen-bond acceptors (Lipinski definition) is 6. The number of carbonyl (C=O) groups is 1. The molecule has 0 atom stereocenters. The highest BCUT2D eigenvalue weighted by Gasteiger charge is 2.23. The van der Waals surface area contributed by atoms with Crippen molar-refractivity contribution in [3.8, 4) is 5.75 Å². The Kier molecular flexibility index (Phi) is 4.93. The molecule has 0 spiro atoms. The van der Waals surface area contributed by atoms with Gasteiger partial charge in [0.1, 0.15) is 30.1 Å². The maximum atomic E-state index is 12.1. The number of aromatic nitrogens is 2. The number of nitrogens with zero attached hydrogens (tertiary/aromatic N) is 3. The fraction of sp³-hybridized carbons (Fsp3) is 0.111. The number of rotatable bonds is 7. The van der Waals surface area contributed by atoms with Gasteiger partial charge in [0.15, 0.2) is 0 Å². The van der Waals surface area contributed by atoms with Crippen molar-refractivity contribution >= 4 is 17.5 Å². The first-order valence-electron chi connectivity index (χ1n) is 7.70. The Hall–Kier alpha value is -3.68. The van der Waals surface area contributed by atoms with E-state index in [1.807, 2.05) is 30.3 Å². The summed E-state index contributed by atoms with van der Waals surface area (Å²) in [5.41, 5.74) is -0.550. The van der Waals surface area contributed by atoms with Crippen molar-refractivity contribution in [2.75, 3.05) is 0 Å². The minimum Gasteiger partial charge on any atom is -0.486 e. The molecule has 0 fully saturated rings. The maximum absolute atomic E-state index is 12.1. The van der Waals surface area contributed by atoms with E-state index in [1.165, 1.54) is 30.1 Å². The second-order valence-electron chi connectivity index (χ2n) is 5.40. The Bertz CT molecular complexity index is 956. The molecule has 0 aliphatic rings. The van der Waals surface area contributed by atoms with Crippen LogP contribution in [0.15, 0.2) is 59.2 Å². The van der Waals surface area contributed by atoms with Crippen LogP contribution in [-0.2, 0) is 13.7 Å². The van der Waals surface area contributed by atoms with Gasteiger partial charge in [0, 0.05) is 7.05 Å². The Balaban J connectivity index is 1.65. The van der Waals surface area contributed by atoms with Crippen molar-refractivity contribution < 1.29 is 18.9 Å². The lowest BCUT2D eigenvalue weighted by atomic mass is 10.2. The number of nitro groups is 1. The SMILES string of the molecule is Cn1cc([N+](=O)[O-])c(C(=O)/C=C/c2ccc(COc3ccccc3)o2)n1. The third kappa shape index (κ3) is 4.04. The van der Waals surface area contributed by atoms with Crippen LogP contribution in [0, 0.1) is 10.1 Å². The highest BCUT2D eigenvalue weighted by atomic mass is 16.6. The highest BCUT2D eigenvalue weighted by molar-refractivity contribution is 6.07. The number of hydrogen-bond donors (Lipinski definition) is 0. The largest absolute Gasteiger partial charge is 0.486 e. The van der Waals surface area contributed by atoms with Crippen LogP contribution in [-0.4, -0.2) is 20.5 Å². The molecule has 0 N–H and O–H groups in total. The standard InChI is InChI=1S/C18H15N3O5/c1-20-11-16(21(23)24)18(19-20)17(22)10-9-14-7-8-15(26-14)12-25-13-5-3-2-4-6-13/h2-11H,12H2,1H3/b10-9+. The smallest absolute Gasteiger partial charge is 0.318 e. The summed E-state index contributed by atoms with van der Waals surface area (Å²) in [5.74, 6) is 1.17. The van der Waals surface area contributed by atoms with E-state index < -0.39 is 10.7 Å². The zero-order chi connectivity index (χ0) is 18.5. The van der Waals surface area contributed by atoms with Crippen molar-refractivity contribution in [3.05, 3.63) is 82.1 Å². The van der Waals surface area contributed by atoms with Crippen LogP contribution >= 0.6 is 0 Å². The van der Waals surface area contributed by atoms with E-state index in [4.69, 9.17) is 9.15 Å². The van der Waals surface area contributed by atoms with Crippen LogP contribution in [0.2, 0.25) is 0 Å². The molecule has 26 heavy (non-hydrogen) atoms. The maximum Gasteiger partial charge on any atom is 0.318 e. The first kappa shape index (κ1) is 17.2. The second-order valence-corrected chi connectivity index (χ2v) is 5.40. The molecule has 3 aromatic rings. The summed E-state index contributed by atoms with van der Waals surface area (Å²) in [5, 5.41) is 14.8. The van der Waals surface area contributed by atoms with E-state index in [0.29, 0.717) is 11.5 Å². The third-order valence-corrected chi connectivity index (χ3v) is 3.45. The van der Waals surface area contributed by atoms with Gasteiger partial charge in [0.05, 0.1) is 4.92 Å². The van der Waals surface area contributed by atoms with Crippen LogP contribution in [0.25, 0.3) is 6.08 Å². The Morgan fingerprint density at radius 1 is 1.31 bits per heavy atom. The lowest BCUT2D eigenvalue weighted by Crippen LogP contribution is -2.00. The molecule has 3 rings (SSSR count). The number of ether oxygens (including phenoxy) is 1. The minimum atomic E-state index is -0.639. The second kappa shape index (κ2) is 7.47. The highest BCUT2D eigenvalue weighted by Crippen LogP contribution is 2.18. The minimum absolute atomic E-state index is 0.215. The number of allylic oxidation sites excluding steroid dienone is 1. The van der Waals surface area contributed by atoms with Gasteiger partial charge in [-0.2, -0.15) is 5.10 Å². The number of benzene rings is 1. The lowest BCUT2D eigenvalue weighted by Gasteiger charge is -2.02. The monoisotopic (exact) mass is 353 g/mol. The van der Waals surface area contributed by atoms with E-state index in [9.17, 15) is 14.9 Å². The fourth-order valence-electron chi connectivity index (χ4n) is 2.25. The summed E-state index contributed by atoms with van der Waals surface area (Å²) in [6, 6.07) is 12.7. The topological polar surface area (TPSA) is 100 Å². The molecule has 0 radical (unpaired) electrons. The predicted molar refractivity (Wildman–Crippen MR) is 92.7 cm³/mol. The summed E-state index contributed by atoms with van der Waals surface area (Å²) in [6.45, 7) is 0.248. The number of aryl methyl sites for hydroxylation is 1. The number of para-hydroxylation sites is 1. The van der Waals surface area contributed by atoms with E-state index in [2.05, 4.69) is 5.10 Å². The summed E-state index contributed by atoms with van der Waals surface area (Å²) >= 11 is 0. The first-order valence-corrected chi connectivity index (χ1v) is 7.70. The van der Waals surface area contributed by atoms with Crippen LogP contribution in [0.4, 0.5) is 5.69 Å². The number of ketones is 1. The van der Waals surface area contributed by atoms with Gasteiger partial charge in [-0.3, -0.25) is 19.6 Å². The van der Waals surface area contributed by atoms with Crippen LogP contribution in [0.5, 0.6) is 5.75 Å². The van der Waals surface area contributed by atoms with Gasteiger partial charge in [0.2, 0.25) is 11.5 Å². The number of carbonyl (C=O) groups excluding carboxylic acids is 1. The summed E-state index contributed by atoms with van der Waals surface area (Å²) in [6.07, 6.45) is 3.82. The van der Waals surface area contributed by atoms with Crippen molar-refractivity contribution in [1.29, 1.82) is 0 Å². The molecule has 8 nitrogen and oxygen atoms in total. The molecule has 0 unspecified atom stereocenters. The van der Waals surface area contributed by atoms with Gasteiger partial charge >= 0.3 is 5.69 Å². The summed E-state index contributed by atoms with van der Waals surface area (Å²) in [4.78, 5) is 22.5. The molecule has 8 heteroatoms. The average Bonchev–Trinajstić information content (AvgIpc) is 3.25. The molecule has 2 aromatic heterocycles. The normalized spacial score (nSPS) is 11.0. The van der Waals surface area contributed by atoms with Gasteiger partial charge < -0.3 is 9.15 Å². The summed E-state index contributed by atoms with van der Waals surface area (Å²) in [7, 11) is 1.51. The molecule has 2 heterocycles. The Morgan fingerprint density at radius 2 is 2.08 bits per heavy atom.